The molecule has 0 aromatic heterocycles. The first-order chi connectivity index (χ1) is 9.58. The molecular formula is C16H16N2O2. The first-order valence-corrected chi connectivity index (χ1v) is 6.28. The molecular weight excluding hydrogens is 252 g/mol. The third-order valence-electron chi connectivity index (χ3n) is 3.00. The molecule has 0 fully saturated rings. The Hall–Kier alpha value is -2.62. The van der Waals surface area contributed by atoms with Gasteiger partial charge in [0.05, 0.1) is 0 Å². The largest absolute Gasteiger partial charge is 0.322 e. The smallest absolute Gasteiger partial charge is 0.255 e. The summed E-state index contributed by atoms with van der Waals surface area (Å²) in [4.78, 5) is 24.9. The van der Waals surface area contributed by atoms with E-state index in [2.05, 4.69) is 5.32 Å². The van der Waals surface area contributed by atoms with Crippen LogP contribution in [0.15, 0.2) is 54.6 Å². The Labute approximate surface area is 118 Å². The van der Waals surface area contributed by atoms with Crippen molar-refractivity contribution in [1.29, 1.82) is 0 Å². The lowest BCUT2D eigenvalue weighted by atomic mass is 10.2. The van der Waals surface area contributed by atoms with Crippen molar-refractivity contribution in [3.63, 3.8) is 0 Å². The molecule has 2 aromatic rings. The number of hydrogen-bond donors (Lipinski definition) is 1. The van der Waals surface area contributed by atoms with E-state index in [4.69, 9.17) is 0 Å². The lowest BCUT2D eigenvalue weighted by Gasteiger charge is -2.16. The van der Waals surface area contributed by atoms with E-state index in [1.807, 2.05) is 24.3 Å². The molecule has 2 amide bonds. The number of nitrogens with zero attached hydrogens (tertiary/aromatic N) is 1. The lowest BCUT2D eigenvalue weighted by Crippen LogP contribution is -2.23. The van der Waals surface area contributed by atoms with Crippen LogP contribution in [0.4, 0.5) is 11.4 Å². The zero-order valence-electron chi connectivity index (χ0n) is 11.5. The van der Waals surface area contributed by atoms with Gasteiger partial charge >= 0.3 is 0 Å². The highest BCUT2D eigenvalue weighted by atomic mass is 16.2. The van der Waals surface area contributed by atoms with Gasteiger partial charge < -0.3 is 10.2 Å². The highest BCUT2D eigenvalue weighted by Crippen LogP contribution is 2.19. The molecule has 0 aliphatic rings. The van der Waals surface area contributed by atoms with Crippen LogP contribution in [0.5, 0.6) is 0 Å². The van der Waals surface area contributed by atoms with Crippen molar-refractivity contribution < 1.29 is 9.59 Å². The average molecular weight is 268 g/mol. The normalized spacial score (nSPS) is 9.90. The Morgan fingerprint density at radius 2 is 1.70 bits per heavy atom. The van der Waals surface area contributed by atoms with Crippen LogP contribution in [-0.2, 0) is 4.79 Å². The monoisotopic (exact) mass is 268 g/mol. The lowest BCUT2D eigenvalue weighted by molar-refractivity contribution is -0.116. The summed E-state index contributed by atoms with van der Waals surface area (Å²) in [5.74, 6) is -0.232. The molecule has 0 radical (unpaired) electrons. The van der Waals surface area contributed by atoms with Crippen LogP contribution in [0.3, 0.4) is 0 Å². The number of carbonyl (C=O) groups excluding carboxylic acids is 2. The van der Waals surface area contributed by atoms with Crippen molar-refractivity contribution in [2.45, 2.75) is 6.92 Å². The Morgan fingerprint density at radius 3 is 2.35 bits per heavy atom. The second-order valence-corrected chi connectivity index (χ2v) is 4.45. The first-order valence-electron chi connectivity index (χ1n) is 6.28. The molecule has 2 rings (SSSR count). The Kier molecular flexibility index (Phi) is 4.15. The summed E-state index contributed by atoms with van der Waals surface area (Å²) in [6.07, 6.45) is 0. The van der Waals surface area contributed by atoms with Gasteiger partial charge in [-0.2, -0.15) is 0 Å². The van der Waals surface area contributed by atoms with E-state index >= 15 is 0 Å². The highest BCUT2D eigenvalue weighted by molar-refractivity contribution is 6.04. The Balaban J connectivity index is 2.16. The van der Waals surface area contributed by atoms with Crippen molar-refractivity contribution >= 4 is 23.2 Å². The maximum absolute atomic E-state index is 12.0. The number of anilines is 2. The fourth-order valence-electron chi connectivity index (χ4n) is 1.77. The molecule has 0 aliphatic heterocycles. The molecule has 1 N–H and O–H groups in total. The molecule has 0 aliphatic carbocycles. The summed E-state index contributed by atoms with van der Waals surface area (Å²) in [7, 11) is 1.69. The number of hydrogen-bond acceptors (Lipinski definition) is 2. The molecule has 4 nitrogen and oxygen atoms in total. The minimum Gasteiger partial charge on any atom is -0.322 e. The second-order valence-electron chi connectivity index (χ2n) is 4.45. The molecule has 2 aromatic carbocycles. The van der Waals surface area contributed by atoms with Gasteiger partial charge in [-0.05, 0) is 30.3 Å². The fraction of sp³-hybridized carbons (Fsp3) is 0.125. The van der Waals surface area contributed by atoms with Gasteiger partial charge in [-0.3, -0.25) is 9.59 Å². The number of carbonyl (C=O) groups is 2. The van der Waals surface area contributed by atoms with Crippen LogP contribution in [0.25, 0.3) is 0 Å². The van der Waals surface area contributed by atoms with Crippen LogP contribution >= 0.6 is 0 Å². The van der Waals surface area contributed by atoms with Gasteiger partial charge in [0.1, 0.15) is 0 Å². The molecule has 20 heavy (non-hydrogen) atoms. The van der Waals surface area contributed by atoms with E-state index < -0.39 is 0 Å². The molecule has 0 bridgehead atoms. The number of nitrogens with one attached hydrogen (secondary N) is 1. The van der Waals surface area contributed by atoms with Crippen LogP contribution in [0, 0.1) is 0 Å². The van der Waals surface area contributed by atoms with Gasteiger partial charge in [-0.1, -0.05) is 24.3 Å². The Bertz CT molecular complexity index is 623. The number of benzene rings is 2. The van der Waals surface area contributed by atoms with Crippen LogP contribution in [0.1, 0.15) is 17.3 Å². The van der Waals surface area contributed by atoms with E-state index in [1.165, 1.54) is 11.8 Å². The summed E-state index contributed by atoms with van der Waals surface area (Å²) in [6, 6.07) is 16.2. The van der Waals surface area contributed by atoms with Crippen LogP contribution < -0.4 is 10.2 Å². The predicted octanol–water partition coefficient (Wildman–Crippen LogP) is 2.92. The van der Waals surface area contributed by atoms with E-state index in [-0.39, 0.29) is 11.8 Å². The quantitative estimate of drug-likeness (QED) is 0.930. The standard InChI is InChI=1S/C16H16N2O2/c1-12(19)18(2)15-10-6-9-14(11-15)17-16(20)13-7-4-3-5-8-13/h3-11H,1-2H3,(H,17,20). The van der Waals surface area contributed by atoms with Crippen molar-refractivity contribution in [2.24, 2.45) is 0 Å². The van der Waals surface area contributed by atoms with Gasteiger partial charge in [0, 0.05) is 30.9 Å². The van der Waals surface area contributed by atoms with Crippen molar-refractivity contribution in [3.8, 4) is 0 Å². The molecule has 0 unspecified atom stereocenters. The van der Waals surface area contributed by atoms with Gasteiger partial charge in [-0.15, -0.1) is 0 Å². The van der Waals surface area contributed by atoms with Crippen molar-refractivity contribution in [1.82, 2.24) is 0 Å². The van der Waals surface area contributed by atoms with E-state index in [1.54, 1.807) is 37.4 Å². The summed E-state index contributed by atoms with van der Waals surface area (Å²) >= 11 is 0. The molecule has 0 spiro atoms. The molecule has 0 saturated heterocycles. The third-order valence-corrected chi connectivity index (χ3v) is 3.00. The minimum atomic E-state index is -0.173. The summed E-state index contributed by atoms with van der Waals surface area (Å²) < 4.78 is 0. The molecule has 0 saturated carbocycles. The molecule has 0 heterocycles. The maximum Gasteiger partial charge on any atom is 0.255 e. The van der Waals surface area contributed by atoms with E-state index in [9.17, 15) is 9.59 Å². The van der Waals surface area contributed by atoms with E-state index in [0.717, 1.165) is 5.69 Å². The third kappa shape index (κ3) is 3.23. The maximum atomic E-state index is 12.0. The van der Waals surface area contributed by atoms with Crippen LogP contribution in [0.2, 0.25) is 0 Å². The minimum absolute atomic E-state index is 0.0588. The SMILES string of the molecule is CC(=O)N(C)c1cccc(NC(=O)c2ccccc2)c1. The summed E-state index contributed by atoms with van der Waals surface area (Å²) in [5.41, 5.74) is 1.99. The second kappa shape index (κ2) is 6.02. The molecule has 0 atom stereocenters. The summed E-state index contributed by atoms with van der Waals surface area (Å²) in [6.45, 7) is 1.50. The topological polar surface area (TPSA) is 49.4 Å². The first kappa shape index (κ1) is 13.8. The zero-order valence-corrected chi connectivity index (χ0v) is 11.5. The number of rotatable bonds is 3. The van der Waals surface area contributed by atoms with Crippen LogP contribution in [-0.4, -0.2) is 18.9 Å². The van der Waals surface area contributed by atoms with Gasteiger partial charge in [0.25, 0.3) is 5.91 Å². The fourth-order valence-corrected chi connectivity index (χ4v) is 1.77. The van der Waals surface area contributed by atoms with Crippen molar-refractivity contribution in [2.75, 3.05) is 17.3 Å². The summed E-state index contributed by atoms with van der Waals surface area (Å²) in [5, 5.41) is 2.82. The highest BCUT2D eigenvalue weighted by Gasteiger charge is 2.08. The van der Waals surface area contributed by atoms with E-state index in [0.29, 0.717) is 11.3 Å². The molecule has 102 valence electrons. The zero-order chi connectivity index (χ0) is 14.5. The number of amides is 2. The van der Waals surface area contributed by atoms with Gasteiger partial charge in [0.2, 0.25) is 5.91 Å². The van der Waals surface area contributed by atoms with Crippen molar-refractivity contribution in [3.05, 3.63) is 60.2 Å². The van der Waals surface area contributed by atoms with Gasteiger partial charge in [0.15, 0.2) is 0 Å². The Morgan fingerprint density at radius 1 is 1.00 bits per heavy atom. The molecule has 4 heteroatoms. The average Bonchev–Trinajstić information content (AvgIpc) is 2.47. The predicted molar refractivity (Wildman–Crippen MR) is 79.9 cm³/mol. The van der Waals surface area contributed by atoms with Gasteiger partial charge in [-0.25, -0.2) is 0 Å².